The molecule has 6 aromatic carbocycles. The zero-order valence-electron chi connectivity index (χ0n) is 21.7. The monoisotopic (exact) mass is 498 g/mol. The third-order valence-electron chi connectivity index (χ3n) is 7.97. The second kappa shape index (κ2) is 8.47. The van der Waals surface area contributed by atoms with Crippen LogP contribution in [-0.2, 0) is 0 Å². The summed E-state index contributed by atoms with van der Waals surface area (Å²) in [4.78, 5) is 0. The van der Waals surface area contributed by atoms with Gasteiger partial charge in [-0.2, -0.15) is 0 Å². The summed E-state index contributed by atoms with van der Waals surface area (Å²) in [5.74, 6) is 0. The Morgan fingerprint density at radius 1 is 0.410 bits per heavy atom. The van der Waals surface area contributed by atoms with Crippen LogP contribution in [0.5, 0.6) is 0 Å². The summed E-state index contributed by atoms with van der Waals surface area (Å²) in [6, 6.07) is 50.6. The number of fused-ring (bicyclic) bond motifs is 6. The van der Waals surface area contributed by atoms with Crippen molar-refractivity contribution in [2.24, 2.45) is 0 Å². The van der Waals surface area contributed by atoms with Crippen LogP contribution in [0.25, 0.3) is 66.1 Å². The topological polar surface area (TPSA) is 9.86 Å². The maximum Gasteiger partial charge on any atom is 0.0542 e. The van der Waals surface area contributed by atoms with Crippen molar-refractivity contribution in [2.45, 2.75) is 6.92 Å². The van der Waals surface area contributed by atoms with E-state index in [4.69, 9.17) is 0 Å². The normalized spacial score (nSPS) is 11.7. The number of hydrogen-bond acceptors (Lipinski definition) is 0. The lowest BCUT2D eigenvalue weighted by Crippen LogP contribution is -1.98. The van der Waals surface area contributed by atoms with Crippen LogP contribution >= 0.6 is 0 Å². The molecule has 0 N–H and O–H groups in total. The lowest BCUT2D eigenvalue weighted by Gasteiger charge is -2.14. The molecule has 2 heteroatoms. The van der Waals surface area contributed by atoms with Crippen LogP contribution in [0.15, 0.2) is 140 Å². The highest BCUT2D eigenvalue weighted by molar-refractivity contribution is 6.12. The van der Waals surface area contributed by atoms with Crippen molar-refractivity contribution in [3.63, 3.8) is 0 Å². The van der Waals surface area contributed by atoms with Gasteiger partial charge in [-0.1, -0.05) is 96.6 Å². The molecule has 0 atom stereocenters. The third kappa shape index (κ3) is 3.28. The van der Waals surface area contributed by atoms with Gasteiger partial charge in [-0.05, 0) is 61.0 Å². The van der Waals surface area contributed by atoms with Gasteiger partial charge in [0.25, 0.3) is 0 Å². The Hall–Kier alpha value is -5.08. The molecule has 0 spiro atoms. The maximum atomic E-state index is 2.42. The smallest absolute Gasteiger partial charge is 0.0542 e. The van der Waals surface area contributed by atoms with Crippen LogP contribution in [0.4, 0.5) is 0 Å². The predicted octanol–water partition coefficient (Wildman–Crippen LogP) is 9.86. The minimum absolute atomic E-state index is 1.18. The van der Waals surface area contributed by atoms with Crippen molar-refractivity contribution < 1.29 is 0 Å². The fourth-order valence-electron chi connectivity index (χ4n) is 6.25. The molecule has 8 rings (SSSR count). The quantitative estimate of drug-likeness (QED) is 0.229. The van der Waals surface area contributed by atoms with Gasteiger partial charge in [0, 0.05) is 32.8 Å². The van der Waals surface area contributed by atoms with Crippen LogP contribution in [-0.4, -0.2) is 9.13 Å². The molecule has 0 radical (unpaired) electrons. The maximum absolute atomic E-state index is 2.42. The summed E-state index contributed by atoms with van der Waals surface area (Å²) >= 11 is 0. The Bertz CT molecular complexity index is 2180. The second-order valence-corrected chi connectivity index (χ2v) is 10.3. The van der Waals surface area contributed by atoms with Crippen molar-refractivity contribution in [1.82, 2.24) is 9.13 Å². The first kappa shape index (κ1) is 22.0. The van der Waals surface area contributed by atoms with E-state index >= 15 is 0 Å². The van der Waals surface area contributed by atoms with E-state index in [-0.39, 0.29) is 0 Å². The van der Waals surface area contributed by atoms with Gasteiger partial charge in [0.15, 0.2) is 0 Å². The van der Waals surface area contributed by atoms with E-state index in [1.54, 1.807) is 0 Å². The van der Waals surface area contributed by atoms with Crippen molar-refractivity contribution in [3.8, 4) is 22.5 Å². The summed E-state index contributed by atoms with van der Waals surface area (Å²) in [5, 5.41) is 5.10. The number of nitrogens with zero attached hydrogens (tertiary/aromatic N) is 2. The molecule has 0 bridgehead atoms. The Morgan fingerprint density at radius 2 is 0.974 bits per heavy atom. The van der Waals surface area contributed by atoms with Gasteiger partial charge in [0.2, 0.25) is 0 Å². The Labute approximate surface area is 227 Å². The third-order valence-corrected chi connectivity index (χ3v) is 7.97. The SMILES string of the molecule is Cc1ccc2c(c1)c1ccccc1n2-c1ccc2c(c1)c1ccccc1n2-c1ccccc1-c1ccccc1. The largest absolute Gasteiger partial charge is 0.309 e. The molecule has 2 nitrogen and oxygen atoms in total. The van der Waals surface area contributed by atoms with E-state index in [1.165, 1.54) is 71.7 Å². The molecule has 8 aromatic rings. The van der Waals surface area contributed by atoms with Gasteiger partial charge in [-0.15, -0.1) is 0 Å². The standard InChI is InChI=1S/C37H26N2/c1-25-19-21-36-31(23-25)29-14-6-9-17-34(29)38(36)27-20-22-37-32(24-27)30-15-7-10-18-35(30)39(37)33-16-8-5-13-28(33)26-11-3-2-4-12-26/h2-24H,1H3. The summed E-state index contributed by atoms with van der Waals surface area (Å²) in [7, 11) is 0. The van der Waals surface area contributed by atoms with Gasteiger partial charge in [-0.3, -0.25) is 0 Å². The van der Waals surface area contributed by atoms with Gasteiger partial charge < -0.3 is 9.13 Å². The van der Waals surface area contributed by atoms with Gasteiger partial charge >= 0.3 is 0 Å². The highest BCUT2D eigenvalue weighted by Crippen LogP contribution is 2.38. The molecule has 2 heterocycles. The van der Waals surface area contributed by atoms with Crippen LogP contribution < -0.4 is 0 Å². The summed E-state index contributed by atoms with van der Waals surface area (Å²) in [6.07, 6.45) is 0. The van der Waals surface area contributed by atoms with E-state index in [1.807, 2.05) is 0 Å². The number of aryl methyl sites for hydroxylation is 1. The summed E-state index contributed by atoms with van der Waals surface area (Å²) in [5.41, 5.74) is 11.0. The first-order valence-electron chi connectivity index (χ1n) is 13.5. The molecule has 0 aliphatic rings. The minimum Gasteiger partial charge on any atom is -0.309 e. The van der Waals surface area contributed by atoms with Gasteiger partial charge in [0.05, 0.1) is 27.8 Å². The van der Waals surface area contributed by atoms with E-state index in [0.717, 1.165) is 0 Å². The Balaban J connectivity index is 1.44. The molecular weight excluding hydrogens is 472 g/mol. The highest BCUT2D eigenvalue weighted by Gasteiger charge is 2.17. The number of para-hydroxylation sites is 3. The molecule has 0 aliphatic heterocycles. The summed E-state index contributed by atoms with van der Waals surface area (Å²) in [6.45, 7) is 2.17. The zero-order valence-corrected chi connectivity index (χ0v) is 21.7. The molecule has 0 unspecified atom stereocenters. The molecular formula is C37H26N2. The Morgan fingerprint density at radius 3 is 1.77 bits per heavy atom. The fourth-order valence-corrected chi connectivity index (χ4v) is 6.25. The van der Waals surface area contributed by atoms with Crippen molar-refractivity contribution in [2.75, 3.05) is 0 Å². The first-order valence-corrected chi connectivity index (χ1v) is 13.5. The molecule has 0 fully saturated rings. The summed E-state index contributed by atoms with van der Waals surface area (Å²) < 4.78 is 4.83. The average Bonchev–Trinajstić information content (AvgIpc) is 3.50. The molecule has 0 saturated heterocycles. The number of hydrogen-bond donors (Lipinski definition) is 0. The minimum atomic E-state index is 1.18. The van der Waals surface area contributed by atoms with Gasteiger partial charge in [-0.25, -0.2) is 0 Å². The van der Waals surface area contributed by atoms with Crippen LogP contribution in [0, 0.1) is 6.92 Å². The predicted molar refractivity (Wildman–Crippen MR) is 165 cm³/mol. The zero-order chi connectivity index (χ0) is 25.9. The van der Waals surface area contributed by atoms with E-state index in [9.17, 15) is 0 Å². The van der Waals surface area contributed by atoms with Crippen molar-refractivity contribution in [1.29, 1.82) is 0 Å². The van der Waals surface area contributed by atoms with Crippen molar-refractivity contribution >= 4 is 43.6 Å². The molecule has 2 aromatic heterocycles. The number of aromatic nitrogens is 2. The molecule has 0 saturated carbocycles. The Kier molecular flexibility index (Phi) is 4.77. The molecule has 184 valence electrons. The van der Waals surface area contributed by atoms with Crippen LogP contribution in [0.2, 0.25) is 0 Å². The van der Waals surface area contributed by atoms with Crippen LogP contribution in [0.3, 0.4) is 0 Å². The second-order valence-electron chi connectivity index (χ2n) is 10.3. The van der Waals surface area contributed by atoms with E-state index < -0.39 is 0 Å². The molecule has 39 heavy (non-hydrogen) atoms. The van der Waals surface area contributed by atoms with Gasteiger partial charge in [0.1, 0.15) is 0 Å². The van der Waals surface area contributed by atoms with Crippen LogP contribution in [0.1, 0.15) is 5.56 Å². The fraction of sp³-hybridized carbons (Fsp3) is 0.0270. The highest BCUT2D eigenvalue weighted by atomic mass is 15.0. The average molecular weight is 499 g/mol. The molecule has 0 aliphatic carbocycles. The number of rotatable bonds is 3. The lowest BCUT2D eigenvalue weighted by atomic mass is 10.0. The lowest BCUT2D eigenvalue weighted by molar-refractivity contribution is 1.17. The number of benzene rings is 6. The van der Waals surface area contributed by atoms with E-state index in [0.29, 0.717) is 0 Å². The van der Waals surface area contributed by atoms with E-state index in [2.05, 4.69) is 156 Å². The van der Waals surface area contributed by atoms with Crippen molar-refractivity contribution in [3.05, 3.63) is 145 Å². The molecule has 0 amide bonds. The first-order chi connectivity index (χ1) is 19.3.